The highest BCUT2D eigenvalue weighted by Gasteiger charge is 2.46. The number of fused-ring (bicyclic) bond motifs is 7. The molecular formula is C44H34N2O. The van der Waals surface area contributed by atoms with E-state index < -0.39 is 0 Å². The molecule has 0 atom stereocenters. The third-order valence-electron chi connectivity index (χ3n) is 10.8. The van der Waals surface area contributed by atoms with E-state index >= 15 is 0 Å². The number of aromatic nitrogens is 2. The van der Waals surface area contributed by atoms with E-state index in [0.717, 1.165) is 55.5 Å². The molecule has 1 aliphatic rings. The van der Waals surface area contributed by atoms with Crippen LogP contribution in [0.15, 0.2) is 138 Å². The Balaban J connectivity index is 1.24. The maximum Gasteiger partial charge on any atom is 0.136 e. The number of furan rings is 1. The zero-order valence-corrected chi connectivity index (χ0v) is 27.0. The fourth-order valence-electron chi connectivity index (χ4n) is 7.50. The fraction of sp³-hybridized carbons (Fsp3) is 0.136. The van der Waals surface area contributed by atoms with Crippen LogP contribution in [0.2, 0.25) is 0 Å². The van der Waals surface area contributed by atoms with Crippen molar-refractivity contribution in [3.05, 3.63) is 145 Å². The standard InChI is InChI=1S/C44H34N2O/c1-43(2)35-24-28(27-12-6-5-7-13-27)18-21-31(35)32-22-19-29(25-36(32)44(43,3)4)41-42(46-38-16-10-9-15-37(38)45-41)30-20-23-34-33-14-8-11-17-39(33)47-40(34)26-30/h5-26H,1-4H3. The van der Waals surface area contributed by atoms with Gasteiger partial charge in [-0.2, -0.15) is 0 Å². The monoisotopic (exact) mass is 606 g/mol. The first kappa shape index (κ1) is 27.7. The normalized spacial score (nSPS) is 14.7. The van der Waals surface area contributed by atoms with Gasteiger partial charge in [-0.1, -0.05) is 119 Å². The first-order valence-corrected chi connectivity index (χ1v) is 16.3. The third-order valence-corrected chi connectivity index (χ3v) is 10.8. The van der Waals surface area contributed by atoms with Gasteiger partial charge in [-0.3, -0.25) is 0 Å². The van der Waals surface area contributed by atoms with E-state index in [0.29, 0.717) is 0 Å². The molecule has 1 aliphatic carbocycles. The van der Waals surface area contributed by atoms with Crippen LogP contribution in [0.25, 0.3) is 77.7 Å². The second-order valence-electron chi connectivity index (χ2n) is 13.9. The van der Waals surface area contributed by atoms with Crippen LogP contribution in [-0.2, 0) is 10.8 Å². The molecule has 3 nitrogen and oxygen atoms in total. The summed E-state index contributed by atoms with van der Waals surface area (Å²) in [4.78, 5) is 10.5. The Labute approximate surface area is 274 Å². The molecule has 6 aromatic carbocycles. The Morgan fingerprint density at radius 1 is 0.426 bits per heavy atom. The van der Waals surface area contributed by atoms with E-state index in [4.69, 9.17) is 14.4 Å². The lowest BCUT2D eigenvalue weighted by atomic mass is 9.55. The number of hydrogen-bond acceptors (Lipinski definition) is 3. The molecule has 9 rings (SSSR count). The maximum absolute atomic E-state index is 6.29. The zero-order chi connectivity index (χ0) is 31.9. The Morgan fingerprint density at radius 2 is 0.936 bits per heavy atom. The molecular weight excluding hydrogens is 572 g/mol. The number of para-hydroxylation sites is 3. The topological polar surface area (TPSA) is 38.9 Å². The molecule has 0 saturated heterocycles. The number of nitrogens with zero attached hydrogens (tertiary/aromatic N) is 2. The molecule has 226 valence electrons. The summed E-state index contributed by atoms with van der Waals surface area (Å²) in [5, 5.41) is 2.22. The predicted molar refractivity (Wildman–Crippen MR) is 195 cm³/mol. The lowest BCUT2D eigenvalue weighted by Gasteiger charge is -2.48. The van der Waals surface area contributed by atoms with Crippen LogP contribution in [-0.4, -0.2) is 9.97 Å². The van der Waals surface area contributed by atoms with Gasteiger partial charge in [-0.05, 0) is 86.7 Å². The molecule has 0 bridgehead atoms. The van der Waals surface area contributed by atoms with Gasteiger partial charge < -0.3 is 4.42 Å². The summed E-state index contributed by atoms with van der Waals surface area (Å²) in [5.74, 6) is 0. The minimum atomic E-state index is -0.154. The summed E-state index contributed by atoms with van der Waals surface area (Å²) in [6, 6.07) is 47.3. The van der Waals surface area contributed by atoms with Crippen LogP contribution >= 0.6 is 0 Å². The second kappa shape index (κ2) is 9.98. The van der Waals surface area contributed by atoms with Crippen molar-refractivity contribution in [1.82, 2.24) is 9.97 Å². The minimum absolute atomic E-state index is 0.122. The van der Waals surface area contributed by atoms with Gasteiger partial charge in [-0.25, -0.2) is 9.97 Å². The first-order valence-electron chi connectivity index (χ1n) is 16.3. The molecule has 2 heterocycles. The molecule has 0 N–H and O–H groups in total. The molecule has 0 unspecified atom stereocenters. The predicted octanol–water partition coefficient (Wildman–Crippen LogP) is 11.8. The summed E-state index contributed by atoms with van der Waals surface area (Å²) >= 11 is 0. The van der Waals surface area contributed by atoms with E-state index in [1.54, 1.807) is 0 Å². The van der Waals surface area contributed by atoms with Gasteiger partial charge in [0.05, 0.1) is 22.4 Å². The van der Waals surface area contributed by atoms with E-state index in [9.17, 15) is 0 Å². The largest absolute Gasteiger partial charge is 0.456 e. The Bertz CT molecular complexity index is 2520. The van der Waals surface area contributed by atoms with Gasteiger partial charge in [0.25, 0.3) is 0 Å². The summed E-state index contributed by atoms with van der Waals surface area (Å²) < 4.78 is 6.29. The summed E-state index contributed by atoms with van der Waals surface area (Å²) in [6.45, 7) is 9.55. The molecule has 0 amide bonds. The highest BCUT2D eigenvalue weighted by molar-refractivity contribution is 6.06. The summed E-state index contributed by atoms with van der Waals surface area (Å²) in [7, 11) is 0. The summed E-state index contributed by atoms with van der Waals surface area (Å²) in [6.07, 6.45) is 0. The van der Waals surface area contributed by atoms with Gasteiger partial charge in [0.15, 0.2) is 0 Å². The smallest absolute Gasteiger partial charge is 0.136 e. The Kier molecular flexibility index (Phi) is 5.89. The SMILES string of the molecule is CC1(C)c2cc(-c3ccccc3)ccc2-c2ccc(-c3nc4ccccc4nc3-c3ccc4c(c3)oc3ccccc34)cc2C1(C)C. The van der Waals surface area contributed by atoms with Gasteiger partial charge in [0.2, 0.25) is 0 Å². The lowest BCUT2D eigenvalue weighted by Crippen LogP contribution is -2.43. The van der Waals surface area contributed by atoms with Crippen molar-refractivity contribution in [2.24, 2.45) is 0 Å². The van der Waals surface area contributed by atoms with Gasteiger partial charge >= 0.3 is 0 Å². The average molecular weight is 607 g/mol. The van der Waals surface area contributed by atoms with Crippen LogP contribution in [0.4, 0.5) is 0 Å². The van der Waals surface area contributed by atoms with Crippen LogP contribution in [0, 0.1) is 0 Å². The van der Waals surface area contributed by atoms with Crippen LogP contribution in [0.5, 0.6) is 0 Å². The van der Waals surface area contributed by atoms with Crippen LogP contribution in [0.1, 0.15) is 38.8 Å². The van der Waals surface area contributed by atoms with Crippen LogP contribution in [0.3, 0.4) is 0 Å². The quantitative estimate of drug-likeness (QED) is 0.201. The molecule has 0 spiro atoms. The van der Waals surface area contributed by atoms with Crippen molar-refractivity contribution in [2.75, 3.05) is 0 Å². The molecule has 2 aromatic heterocycles. The molecule has 47 heavy (non-hydrogen) atoms. The van der Waals surface area contributed by atoms with E-state index in [1.165, 1.54) is 33.4 Å². The molecule has 0 fully saturated rings. The average Bonchev–Trinajstić information content (AvgIpc) is 3.48. The minimum Gasteiger partial charge on any atom is -0.456 e. The Hall–Kier alpha value is -5.54. The first-order chi connectivity index (χ1) is 22.8. The number of rotatable bonds is 3. The van der Waals surface area contributed by atoms with E-state index in [-0.39, 0.29) is 10.8 Å². The number of benzene rings is 6. The van der Waals surface area contributed by atoms with Gasteiger partial charge in [0.1, 0.15) is 11.2 Å². The van der Waals surface area contributed by atoms with Crippen molar-refractivity contribution in [3.63, 3.8) is 0 Å². The molecule has 0 saturated carbocycles. The highest BCUT2D eigenvalue weighted by atomic mass is 16.3. The van der Waals surface area contributed by atoms with E-state index in [1.807, 2.05) is 36.4 Å². The third kappa shape index (κ3) is 4.12. The molecule has 0 radical (unpaired) electrons. The molecule has 0 aliphatic heterocycles. The number of hydrogen-bond donors (Lipinski definition) is 0. The van der Waals surface area contributed by atoms with Crippen molar-refractivity contribution in [2.45, 2.75) is 38.5 Å². The van der Waals surface area contributed by atoms with Crippen molar-refractivity contribution < 1.29 is 4.42 Å². The Morgan fingerprint density at radius 3 is 1.62 bits per heavy atom. The van der Waals surface area contributed by atoms with Crippen molar-refractivity contribution in [1.29, 1.82) is 0 Å². The highest BCUT2D eigenvalue weighted by Crippen LogP contribution is 2.55. The van der Waals surface area contributed by atoms with Crippen molar-refractivity contribution in [3.8, 4) is 44.8 Å². The lowest BCUT2D eigenvalue weighted by molar-refractivity contribution is 0.299. The van der Waals surface area contributed by atoms with Gasteiger partial charge in [0, 0.05) is 21.9 Å². The van der Waals surface area contributed by atoms with Gasteiger partial charge in [-0.15, -0.1) is 0 Å². The van der Waals surface area contributed by atoms with E-state index in [2.05, 4.69) is 125 Å². The molecule has 3 heteroatoms. The summed E-state index contributed by atoms with van der Waals surface area (Å²) in [5.41, 5.74) is 14.8. The van der Waals surface area contributed by atoms with Crippen molar-refractivity contribution >= 4 is 33.0 Å². The zero-order valence-electron chi connectivity index (χ0n) is 27.0. The fourth-order valence-corrected chi connectivity index (χ4v) is 7.50. The maximum atomic E-state index is 6.29. The second-order valence-corrected chi connectivity index (χ2v) is 13.9. The molecule has 8 aromatic rings. The van der Waals surface area contributed by atoms with Crippen LogP contribution < -0.4 is 0 Å².